The molecule has 0 radical (unpaired) electrons. The van der Waals surface area contributed by atoms with Gasteiger partial charge in [-0.05, 0) is 56.3 Å². The van der Waals surface area contributed by atoms with Crippen LogP contribution in [0.4, 0.5) is 0 Å². The lowest BCUT2D eigenvalue weighted by molar-refractivity contribution is -0.116. The molecule has 2 aromatic rings. The highest BCUT2D eigenvalue weighted by Gasteiger charge is 2.25. The standard InChI is InChI=1S/C19H25N3OS2/c1-14-7-9-22(10-8-14)17(18-4-3-11-24-18)12-20-19(23)6-5-16-13-25-15(2)21-16/h3-6,11,13-14,17H,7-10,12H2,1-2H3,(H,20,23)/b6-5+. The van der Waals surface area contributed by atoms with Crippen molar-refractivity contribution in [2.24, 2.45) is 5.92 Å². The second kappa shape index (κ2) is 8.74. The number of likely N-dealkylation sites (tertiary alicyclic amines) is 1. The Hall–Kier alpha value is -1.50. The normalized spacial score (nSPS) is 17.8. The van der Waals surface area contributed by atoms with Gasteiger partial charge in [0.25, 0.3) is 0 Å². The van der Waals surface area contributed by atoms with E-state index in [1.54, 1.807) is 34.8 Å². The molecule has 134 valence electrons. The van der Waals surface area contributed by atoms with Gasteiger partial charge in [0.1, 0.15) is 0 Å². The Balaban J connectivity index is 1.58. The number of aryl methyl sites for hydroxylation is 1. The Morgan fingerprint density at radius 1 is 1.44 bits per heavy atom. The molecule has 3 heterocycles. The van der Waals surface area contributed by atoms with E-state index in [0.29, 0.717) is 6.54 Å². The zero-order valence-corrected chi connectivity index (χ0v) is 16.4. The van der Waals surface area contributed by atoms with Crippen molar-refractivity contribution in [2.45, 2.75) is 32.7 Å². The molecule has 2 aromatic heterocycles. The van der Waals surface area contributed by atoms with Crippen LogP contribution in [0.3, 0.4) is 0 Å². The van der Waals surface area contributed by atoms with Crippen LogP contribution in [0, 0.1) is 12.8 Å². The molecule has 1 amide bonds. The molecule has 1 unspecified atom stereocenters. The lowest BCUT2D eigenvalue weighted by Crippen LogP contribution is -2.41. The van der Waals surface area contributed by atoms with Crippen LogP contribution in [0.15, 0.2) is 29.0 Å². The van der Waals surface area contributed by atoms with Gasteiger partial charge in [-0.3, -0.25) is 9.69 Å². The van der Waals surface area contributed by atoms with Crippen molar-refractivity contribution < 1.29 is 4.79 Å². The molecule has 6 heteroatoms. The van der Waals surface area contributed by atoms with Gasteiger partial charge in [0.2, 0.25) is 5.91 Å². The second-order valence-corrected chi connectivity index (χ2v) is 8.66. The Morgan fingerprint density at radius 3 is 2.88 bits per heavy atom. The lowest BCUT2D eigenvalue weighted by atomic mass is 9.97. The zero-order chi connectivity index (χ0) is 17.6. The second-order valence-electron chi connectivity index (χ2n) is 6.62. The number of nitrogens with one attached hydrogen (secondary N) is 1. The minimum absolute atomic E-state index is 0.0578. The van der Waals surface area contributed by atoms with Crippen LogP contribution in [0.2, 0.25) is 0 Å². The number of piperidine rings is 1. The van der Waals surface area contributed by atoms with Crippen LogP contribution in [-0.4, -0.2) is 35.4 Å². The monoisotopic (exact) mass is 375 g/mol. The van der Waals surface area contributed by atoms with Gasteiger partial charge in [-0.1, -0.05) is 13.0 Å². The van der Waals surface area contributed by atoms with Crippen molar-refractivity contribution in [1.82, 2.24) is 15.2 Å². The first kappa shape index (κ1) is 18.3. The number of nitrogens with zero attached hydrogens (tertiary/aromatic N) is 2. The molecule has 3 rings (SSSR count). The molecule has 0 aliphatic carbocycles. The van der Waals surface area contributed by atoms with E-state index < -0.39 is 0 Å². The molecule has 1 fully saturated rings. The maximum absolute atomic E-state index is 12.2. The number of hydrogen-bond donors (Lipinski definition) is 1. The Kier molecular flexibility index (Phi) is 6.39. The van der Waals surface area contributed by atoms with E-state index in [4.69, 9.17) is 0 Å². The predicted octanol–water partition coefficient (Wildman–Crippen LogP) is 4.12. The topological polar surface area (TPSA) is 45.2 Å². The van der Waals surface area contributed by atoms with Crippen molar-refractivity contribution >= 4 is 34.7 Å². The maximum Gasteiger partial charge on any atom is 0.244 e. The third-order valence-electron chi connectivity index (χ3n) is 4.64. The number of aromatic nitrogens is 1. The summed E-state index contributed by atoms with van der Waals surface area (Å²) in [4.78, 5) is 20.4. The maximum atomic E-state index is 12.2. The average molecular weight is 376 g/mol. The molecule has 0 saturated carbocycles. The van der Waals surface area contributed by atoms with E-state index in [1.807, 2.05) is 12.3 Å². The summed E-state index contributed by atoms with van der Waals surface area (Å²) in [5.41, 5.74) is 0.845. The third-order valence-corrected chi connectivity index (χ3v) is 6.41. The van der Waals surface area contributed by atoms with E-state index in [-0.39, 0.29) is 11.9 Å². The molecule has 0 spiro atoms. The van der Waals surface area contributed by atoms with Crippen LogP contribution in [-0.2, 0) is 4.79 Å². The number of amides is 1. The molecular formula is C19H25N3OS2. The van der Waals surface area contributed by atoms with E-state index >= 15 is 0 Å². The van der Waals surface area contributed by atoms with Gasteiger partial charge in [0.05, 0.1) is 16.7 Å². The summed E-state index contributed by atoms with van der Waals surface area (Å²) in [6.07, 6.45) is 5.83. The molecule has 0 bridgehead atoms. The number of rotatable bonds is 6. The third kappa shape index (κ3) is 5.23. The van der Waals surface area contributed by atoms with Crippen LogP contribution in [0.5, 0.6) is 0 Å². The fourth-order valence-corrected chi connectivity index (χ4v) is 4.55. The summed E-state index contributed by atoms with van der Waals surface area (Å²) in [5, 5.41) is 8.16. The summed E-state index contributed by atoms with van der Waals surface area (Å²) in [7, 11) is 0. The fraction of sp³-hybridized carbons (Fsp3) is 0.474. The minimum Gasteiger partial charge on any atom is -0.351 e. The first-order valence-electron chi connectivity index (χ1n) is 8.77. The molecule has 0 aromatic carbocycles. The summed E-state index contributed by atoms with van der Waals surface area (Å²) in [5.74, 6) is 0.747. The van der Waals surface area contributed by atoms with Gasteiger partial charge in [-0.2, -0.15) is 0 Å². The highest BCUT2D eigenvalue weighted by Crippen LogP contribution is 2.29. The first-order chi connectivity index (χ1) is 12.1. The van der Waals surface area contributed by atoms with E-state index in [2.05, 4.69) is 39.6 Å². The molecule has 1 aliphatic rings. The van der Waals surface area contributed by atoms with Crippen LogP contribution in [0.25, 0.3) is 6.08 Å². The van der Waals surface area contributed by atoms with Crippen molar-refractivity contribution in [3.63, 3.8) is 0 Å². The highest BCUT2D eigenvalue weighted by atomic mass is 32.1. The van der Waals surface area contributed by atoms with E-state index in [1.165, 1.54) is 17.7 Å². The molecule has 1 N–H and O–H groups in total. The number of carbonyl (C=O) groups is 1. The van der Waals surface area contributed by atoms with Gasteiger partial charge >= 0.3 is 0 Å². The van der Waals surface area contributed by atoms with Crippen molar-refractivity contribution in [3.8, 4) is 0 Å². The van der Waals surface area contributed by atoms with Crippen LogP contribution >= 0.6 is 22.7 Å². The minimum atomic E-state index is -0.0578. The van der Waals surface area contributed by atoms with Gasteiger partial charge < -0.3 is 5.32 Å². The number of thiophene rings is 1. The Labute approximate surface area is 157 Å². The van der Waals surface area contributed by atoms with Gasteiger partial charge in [-0.15, -0.1) is 22.7 Å². The van der Waals surface area contributed by atoms with Crippen molar-refractivity contribution in [2.75, 3.05) is 19.6 Å². The average Bonchev–Trinajstić information content (AvgIpc) is 3.27. The molecule has 1 saturated heterocycles. The quantitative estimate of drug-likeness (QED) is 0.773. The molecular weight excluding hydrogens is 350 g/mol. The zero-order valence-electron chi connectivity index (χ0n) is 14.8. The number of carbonyl (C=O) groups excluding carboxylic acids is 1. The Morgan fingerprint density at radius 2 is 2.24 bits per heavy atom. The largest absolute Gasteiger partial charge is 0.351 e. The molecule has 4 nitrogen and oxygen atoms in total. The molecule has 25 heavy (non-hydrogen) atoms. The molecule has 1 atom stereocenters. The van der Waals surface area contributed by atoms with Crippen LogP contribution < -0.4 is 5.32 Å². The summed E-state index contributed by atoms with van der Waals surface area (Å²) in [6.45, 7) is 7.15. The number of thiazole rings is 1. The predicted molar refractivity (Wildman–Crippen MR) is 106 cm³/mol. The Bertz CT molecular complexity index is 700. The van der Waals surface area contributed by atoms with Crippen molar-refractivity contribution in [3.05, 3.63) is 44.5 Å². The summed E-state index contributed by atoms with van der Waals surface area (Å²) >= 11 is 3.36. The first-order valence-corrected chi connectivity index (χ1v) is 10.5. The highest BCUT2D eigenvalue weighted by molar-refractivity contribution is 7.10. The van der Waals surface area contributed by atoms with E-state index in [0.717, 1.165) is 29.7 Å². The van der Waals surface area contributed by atoms with Crippen molar-refractivity contribution in [1.29, 1.82) is 0 Å². The SMILES string of the molecule is Cc1nc(/C=C/C(=O)NCC(c2cccs2)N2CCC(C)CC2)cs1. The molecule has 1 aliphatic heterocycles. The number of hydrogen-bond acceptors (Lipinski definition) is 5. The van der Waals surface area contributed by atoms with Crippen LogP contribution in [0.1, 0.15) is 41.4 Å². The van der Waals surface area contributed by atoms with Gasteiger partial charge in [-0.25, -0.2) is 4.98 Å². The van der Waals surface area contributed by atoms with Gasteiger partial charge in [0, 0.05) is 22.9 Å². The van der Waals surface area contributed by atoms with Gasteiger partial charge in [0.15, 0.2) is 0 Å². The summed E-state index contributed by atoms with van der Waals surface area (Å²) < 4.78 is 0. The van der Waals surface area contributed by atoms with E-state index in [9.17, 15) is 4.79 Å². The smallest absolute Gasteiger partial charge is 0.244 e. The lowest BCUT2D eigenvalue weighted by Gasteiger charge is -2.36. The summed E-state index contributed by atoms with van der Waals surface area (Å²) in [6, 6.07) is 4.53. The fourth-order valence-electron chi connectivity index (χ4n) is 3.10.